The lowest BCUT2D eigenvalue weighted by Crippen LogP contribution is -2.41. The van der Waals surface area contributed by atoms with E-state index in [0.29, 0.717) is 5.92 Å². The van der Waals surface area contributed by atoms with Crippen LogP contribution >= 0.6 is 0 Å². The number of ether oxygens (including phenoxy) is 1. The van der Waals surface area contributed by atoms with Crippen molar-refractivity contribution in [3.63, 3.8) is 0 Å². The average molecular weight is 502 g/mol. The van der Waals surface area contributed by atoms with Crippen molar-refractivity contribution in [2.75, 3.05) is 12.0 Å². The van der Waals surface area contributed by atoms with Gasteiger partial charge in [0.05, 0.1) is 35.6 Å². The molecule has 3 aromatic rings. The zero-order chi connectivity index (χ0) is 26.2. The summed E-state index contributed by atoms with van der Waals surface area (Å²) in [6.07, 6.45) is 2.95. The highest BCUT2D eigenvalue weighted by Crippen LogP contribution is 2.60. The van der Waals surface area contributed by atoms with Crippen LogP contribution in [-0.4, -0.2) is 28.8 Å². The molecule has 3 aliphatic rings. The molecule has 2 aliphatic carbocycles. The van der Waals surface area contributed by atoms with Crippen LogP contribution in [0.3, 0.4) is 0 Å². The number of carbonyl (C=O) groups excluding carboxylic acids is 2. The van der Waals surface area contributed by atoms with Gasteiger partial charge in [-0.25, -0.2) is 4.90 Å². The number of H-pyrrole nitrogens is 1. The highest BCUT2D eigenvalue weighted by atomic mass is 16.6. The number of imide groups is 1. The second-order valence-electron chi connectivity index (χ2n) is 11.8. The summed E-state index contributed by atoms with van der Waals surface area (Å²) in [5.74, 6) is -0.812. The van der Waals surface area contributed by atoms with Gasteiger partial charge < -0.3 is 9.72 Å². The predicted octanol–water partition coefficient (Wildman–Crippen LogP) is 5.92. The predicted molar refractivity (Wildman–Crippen MR) is 140 cm³/mol. The summed E-state index contributed by atoms with van der Waals surface area (Å²) < 4.78 is 5.43. The molecule has 1 N–H and O–H groups in total. The van der Waals surface area contributed by atoms with Gasteiger partial charge in [-0.2, -0.15) is 0 Å². The number of nitrogens with zero attached hydrogens (tertiary/aromatic N) is 2. The summed E-state index contributed by atoms with van der Waals surface area (Å²) in [6.45, 7) is 6.77. The van der Waals surface area contributed by atoms with Gasteiger partial charge in [-0.15, -0.1) is 0 Å². The number of benzene rings is 2. The van der Waals surface area contributed by atoms with E-state index in [9.17, 15) is 19.7 Å². The van der Waals surface area contributed by atoms with E-state index in [1.807, 2.05) is 18.2 Å². The maximum atomic E-state index is 14.2. The molecule has 8 nitrogen and oxygen atoms in total. The van der Waals surface area contributed by atoms with Crippen molar-refractivity contribution in [3.8, 4) is 5.75 Å². The van der Waals surface area contributed by atoms with Crippen LogP contribution in [0.15, 0.2) is 42.5 Å². The zero-order valence-corrected chi connectivity index (χ0v) is 21.5. The van der Waals surface area contributed by atoms with Crippen molar-refractivity contribution in [1.82, 2.24) is 4.98 Å². The number of amides is 2. The van der Waals surface area contributed by atoms with Gasteiger partial charge >= 0.3 is 0 Å². The fraction of sp³-hybridized carbons (Fsp3) is 0.448. The molecule has 1 aromatic heterocycles. The number of hydrogen-bond donors (Lipinski definition) is 1. The van der Waals surface area contributed by atoms with Crippen LogP contribution in [0.1, 0.15) is 63.1 Å². The van der Waals surface area contributed by atoms with Gasteiger partial charge in [0.25, 0.3) is 5.69 Å². The first-order chi connectivity index (χ1) is 17.6. The Balaban J connectivity index is 1.52. The smallest absolute Gasteiger partial charge is 0.273 e. The number of rotatable bonds is 3. The molecular formula is C29H31N3O5. The van der Waals surface area contributed by atoms with Crippen molar-refractivity contribution in [2.24, 2.45) is 23.2 Å². The molecule has 0 bridgehead atoms. The lowest BCUT2D eigenvalue weighted by atomic mass is 9.56. The number of hydrogen-bond acceptors (Lipinski definition) is 5. The van der Waals surface area contributed by atoms with Crippen LogP contribution in [0.5, 0.6) is 5.75 Å². The van der Waals surface area contributed by atoms with Crippen molar-refractivity contribution in [3.05, 3.63) is 63.8 Å². The number of fused-ring (bicyclic) bond motifs is 8. The molecule has 1 saturated carbocycles. The number of anilines is 1. The molecule has 2 fully saturated rings. The third-order valence-electron chi connectivity index (χ3n) is 9.01. The number of aromatic amines is 1. The summed E-state index contributed by atoms with van der Waals surface area (Å²) in [7, 11) is 1.39. The molecule has 1 saturated heterocycles. The minimum Gasteiger partial charge on any atom is -0.494 e. The van der Waals surface area contributed by atoms with Crippen LogP contribution in [0.4, 0.5) is 11.4 Å². The zero-order valence-electron chi connectivity index (χ0n) is 21.5. The van der Waals surface area contributed by atoms with Gasteiger partial charge in [0.1, 0.15) is 5.75 Å². The molecule has 5 atom stereocenters. The Kier molecular flexibility index (Phi) is 5.23. The molecule has 0 unspecified atom stereocenters. The molecule has 2 aromatic carbocycles. The maximum Gasteiger partial charge on any atom is 0.273 e. The number of para-hydroxylation sites is 1. The van der Waals surface area contributed by atoms with Crippen LogP contribution in [-0.2, 0) is 9.59 Å². The summed E-state index contributed by atoms with van der Waals surface area (Å²) in [6, 6.07) is 12.2. The Bertz CT molecular complexity index is 1450. The molecule has 1 aliphatic heterocycles. The maximum absolute atomic E-state index is 14.2. The van der Waals surface area contributed by atoms with E-state index in [4.69, 9.17) is 4.74 Å². The Hall–Kier alpha value is -3.68. The normalized spacial score (nSPS) is 27.1. The van der Waals surface area contributed by atoms with Crippen LogP contribution in [0.2, 0.25) is 0 Å². The SMILES string of the molecule is COc1cc([N+](=O)[O-])ccc1N1C(=O)[C@@H]2[C@@H]3C[C@H](C(C)(C)C)CC[C@@H]3c3c([nH]c4ccccc34)[C@H]2C1=O. The van der Waals surface area contributed by atoms with E-state index in [-0.39, 0.29) is 46.2 Å². The van der Waals surface area contributed by atoms with Gasteiger partial charge in [-0.1, -0.05) is 39.0 Å². The molecule has 0 radical (unpaired) electrons. The third kappa shape index (κ3) is 3.41. The summed E-state index contributed by atoms with van der Waals surface area (Å²) in [4.78, 5) is 43.8. The minimum atomic E-state index is -0.616. The highest BCUT2D eigenvalue weighted by Gasteiger charge is 2.60. The standard InChI is InChI=1S/C29H31N3O5/c1-29(2,3)15-9-11-17-19(13-15)24-25(26-23(17)18-7-5-6-8-20(18)30-26)28(34)31(27(24)33)21-12-10-16(32(35)36)14-22(21)37-4/h5-8,10,12,14-15,17,19,24-25,30H,9,11,13H2,1-4H3/t15-,17+,19-,24-,25+/m1/s1. The first-order valence-electron chi connectivity index (χ1n) is 12.9. The van der Waals surface area contributed by atoms with Gasteiger partial charge in [-0.05, 0) is 60.1 Å². The molecule has 6 rings (SSSR count). The Morgan fingerprint density at radius 1 is 1.08 bits per heavy atom. The topological polar surface area (TPSA) is 106 Å². The van der Waals surface area contributed by atoms with E-state index in [1.165, 1.54) is 35.8 Å². The van der Waals surface area contributed by atoms with Gasteiger partial charge in [0, 0.05) is 22.7 Å². The lowest BCUT2D eigenvalue weighted by Gasteiger charge is -2.47. The Morgan fingerprint density at radius 3 is 2.54 bits per heavy atom. The first-order valence-corrected chi connectivity index (χ1v) is 12.9. The summed E-state index contributed by atoms with van der Waals surface area (Å²) in [5, 5.41) is 12.5. The van der Waals surface area contributed by atoms with Gasteiger partial charge in [0.15, 0.2) is 0 Å². The molecule has 8 heteroatoms. The summed E-state index contributed by atoms with van der Waals surface area (Å²) >= 11 is 0. The van der Waals surface area contributed by atoms with E-state index in [2.05, 4.69) is 31.8 Å². The largest absolute Gasteiger partial charge is 0.494 e. The first kappa shape index (κ1) is 23.7. The molecule has 2 heterocycles. The second kappa shape index (κ2) is 8.16. The van der Waals surface area contributed by atoms with Crippen molar-refractivity contribution in [2.45, 2.75) is 51.9 Å². The van der Waals surface area contributed by atoms with Gasteiger partial charge in [-0.3, -0.25) is 19.7 Å². The number of carbonyl (C=O) groups is 2. The number of nitro benzene ring substituents is 1. The number of aromatic nitrogens is 1. The third-order valence-corrected chi connectivity index (χ3v) is 9.01. The fourth-order valence-electron chi connectivity index (χ4n) is 7.20. The Labute approximate surface area is 215 Å². The van der Waals surface area contributed by atoms with Crippen LogP contribution < -0.4 is 9.64 Å². The Morgan fingerprint density at radius 2 is 1.84 bits per heavy atom. The summed E-state index contributed by atoms with van der Waals surface area (Å²) in [5.41, 5.74) is 3.23. The highest BCUT2D eigenvalue weighted by molar-refractivity contribution is 6.25. The fourth-order valence-corrected chi connectivity index (χ4v) is 7.20. The van der Waals surface area contributed by atoms with E-state index < -0.39 is 16.8 Å². The lowest BCUT2D eigenvalue weighted by molar-refractivity contribution is -0.384. The monoisotopic (exact) mass is 501 g/mol. The number of methoxy groups -OCH3 is 1. The van der Waals surface area contributed by atoms with Gasteiger partial charge in [0.2, 0.25) is 11.8 Å². The van der Waals surface area contributed by atoms with Crippen molar-refractivity contribution in [1.29, 1.82) is 0 Å². The molecule has 192 valence electrons. The van der Waals surface area contributed by atoms with Crippen molar-refractivity contribution < 1.29 is 19.2 Å². The quantitative estimate of drug-likeness (QED) is 0.273. The average Bonchev–Trinajstić information content (AvgIpc) is 3.38. The molecule has 37 heavy (non-hydrogen) atoms. The van der Waals surface area contributed by atoms with Crippen molar-refractivity contribution >= 4 is 34.1 Å². The number of nitrogens with one attached hydrogen (secondary N) is 1. The number of nitro groups is 1. The molecule has 0 spiro atoms. The molecule has 2 amide bonds. The second-order valence-corrected chi connectivity index (χ2v) is 11.8. The van der Waals surface area contributed by atoms with Crippen LogP contribution in [0.25, 0.3) is 10.9 Å². The van der Waals surface area contributed by atoms with E-state index >= 15 is 0 Å². The molecular weight excluding hydrogens is 470 g/mol. The van der Waals surface area contributed by atoms with E-state index in [0.717, 1.165) is 35.9 Å². The number of non-ortho nitro benzene ring substituents is 1. The van der Waals surface area contributed by atoms with Crippen LogP contribution in [0, 0.1) is 33.3 Å². The minimum absolute atomic E-state index is 0.0418. The van der Waals surface area contributed by atoms with E-state index in [1.54, 1.807) is 0 Å².